The quantitative estimate of drug-likeness (QED) is 0.786. The van der Waals surface area contributed by atoms with Gasteiger partial charge in [-0.25, -0.2) is 4.99 Å². The molecule has 1 saturated heterocycles. The summed E-state index contributed by atoms with van der Waals surface area (Å²) in [7, 11) is 1.57. The first kappa shape index (κ1) is 20.2. The molecule has 2 aromatic carbocycles. The maximum absolute atomic E-state index is 12.7. The lowest BCUT2D eigenvalue weighted by molar-refractivity contribution is -0.129. The van der Waals surface area contributed by atoms with Crippen LogP contribution in [0.1, 0.15) is 13.3 Å². The summed E-state index contributed by atoms with van der Waals surface area (Å²) in [5.74, 6) is 0.204. The van der Waals surface area contributed by atoms with Crippen LogP contribution in [0.4, 0.5) is 11.4 Å². The van der Waals surface area contributed by atoms with E-state index in [0.29, 0.717) is 33.9 Å². The third-order valence-corrected chi connectivity index (χ3v) is 5.56. The van der Waals surface area contributed by atoms with Gasteiger partial charge < -0.3 is 10.1 Å². The Morgan fingerprint density at radius 2 is 2.11 bits per heavy atom. The van der Waals surface area contributed by atoms with Gasteiger partial charge in [0.15, 0.2) is 5.17 Å². The molecule has 0 saturated carbocycles. The number of aliphatic imine (C=N–C) groups is 1. The Morgan fingerprint density at radius 1 is 1.32 bits per heavy atom. The van der Waals surface area contributed by atoms with E-state index < -0.39 is 5.25 Å². The molecule has 1 N–H and O–H groups in total. The van der Waals surface area contributed by atoms with Gasteiger partial charge in [-0.15, -0.1) is 0 Å². The van der Waals surface area contributed by atoms with Gasteiger partial charge in [0.2, 0.25) is 11.8 Å². The standard InChI is InChI=1S/C20H20ClN3O3S/c1-3-24-18(25)12-17(19(26)22-14-8-6-7-13(21)11-14)28-20(24)23-15-9-4-5-10-16(15)27-2/h4-11,17H,3,12H2,1-2H3,(H,22,26). The molecule has 1 aliphatic heterocycles. The molecule has 0 radical (unpaired) electrons. The minimum atomic E-state index is -0.581. The summed E-state index contributed by atoms with van der Waals surface area (Å²) >= 11 is 7.24. The lowest BCUT2D eigenvalue weighted by atomic mass is 10.2. The number of halogens is 1. The molecule has 0 aliphatic carbocycles. The molecule has 8 heteroatoms. The maximum atomic E-state index is 12.7. The summed E-state index contributed by atoms with van der Waals surface area (Å²) in [6.07, 6.45) is 0.107. The highest BCUT2D eigenvalue weighted by atomic mass is 35.5. The van der Waals surface area contributed by atoms with Crippen LogP contribution in [0.15, 0.2) is 53.5 Å². The number of hydrogen-bond acceptors (Lipinski definition) is 5. The van der Waals surface area contributed by atoms with Crippen molar-refractivity contribution in [3.8, 4) is 5.75 Å². The van der Waals surface area contributed by atoms with Crippen molar-refractivity contribution in [2.24, 2.45) is 4.99 Å². The van der Waals surface area contributed by atoms with Gasteiger partial charge >= 0.3 is 0 Å². The summed E-state index contributed by atoms with van der Waals surface area (Å²) in [5, 5.41) is 3.25. The molecule has 1 unspecified atom stereocenters. The van der Waals surface area contributed by atoms with Gasteiger partial charge in [0.25, 0.3) is 0 Å². The Kier molecular flexibility index (Phi) is 6.59. The van der Waals surface area contributed by atoms with Crippen molar-refractivity contribution in [1.29, 1.82) is 0 Å². The van der Waals surface area contributed by atoms with E-state index in [2.05, 4.69) is 10.3 Å². The highest BCUT2D eigenvalue weighted by molar-refractivity contribution is 8.15. The van der Waals surface area contributed by atoms with Crippen LogP contribution >= 0.6 is 23.4 Å². The largest absolute Gasteiger partial charge is 0.494 e. The Morgan fingerprint density at radius 3 is 2.82 bits per heavy atom. The fourth-order valence-electron chi connectivity index (χ4n) is 2.77. The first-order chi connectivity index (χ1) is 13.5. The number of ether oxygens (including phenoxy) is 1. The summed E-state index contributed by atoms with van der Waals surface area (Å²) in [4.78, 5) is 31.5. The van der Waals surface area contributed by atoms with Gasteiger partial charge in [-0.3, -0.25) is 14.5 Å². The molecular formula is C20H20ClN3O3S. The molecule has 2 aromatic rings. The SMILES string of the molecule is CCN1C(=O)CC(C(=O)Nc2cccc(Cl)c2)SC1=Nc1ccccc1OC. The van der Waals surface area contributed by atoms with E-state index in [-0.39, 0.29) is 18.2 Å². The van der Waals surface area contributed by atoms with Crippen LogP contribution in [0.2, 0.25) is 5.02 Å². The number of amidine groups is 1. The number of methoxy groups -OCH3 is 1. The highest BCUT2D eigenvalue weighted by Gasteiger charge is 2.35. The van der Waals surface area contributed by atoms with Crippen LogP contribution in [-0.2, 0) is 9.59 Å². The van der Waals surface area contributed by atoms with Crippen LogP contribution in [0, 0.1) is 0 Å². The Labute approximate surface area is 172 Å². The lowest BCUT2D eigenvalue weighted by Crippen LogP contribution is -2.45. The normalized spacial score (nSPS) is 18.2. The molecule has 2 amide bonds. The Bertz CT molecular complexity index is 919. The van der Waals surface area contributed by atoms with Gasteiger partial charge in [-0.2, -0.15) is 0 Å². The molecule has 0 bridgehead atoms. The van der Waals surface area contributed by atoms with Crippen molar-refractivity contribution in [3.63, 3.8) is 0 Å². The molecule has 28 heavy (non-hydrogen) atoms. The van der Waals surface area contributed by atoms with Gasteiger partial charge in [0.1, 0.15) is 16.7 Å². The number of rotatable bonds is 5. The number of nitrogens with zero attached hydrogens (tertiary/aromatic N) is 2. The number of carbonyl (C=O) groups is 2. The van der Waals surface area contributed by atoms with Crippen LogP contribution < -0.4 is 10.1 Å². The van der Waals surface area contributed by atoms with E-state index >= 15 is 0 Å². The number of thioether (sulfide) groups is 1. The van der Waals surface area contributed by atoms with Crippen molar-refractivity contribution < 1.29 is 14.3 Å². The predicted octanol–water partition coefficient (Wildman–Crippen LogP) is 4.33. The number of para-hydroxylation sites is 2. The van der Waals surface area contributed by atoms with Gasteiger partial charge in [0, 0.05) is 23.7 Å². The molecule has 0 spiro atoms. The molecule has 3 rings (SSSR count). The van der Waals surface area contributed by atoms with Gasteiger partial charge in [-0.1, -0.05) is 41.6 Å². The highest BCUT2D eigenvalue weighted by Crippen LogP contribution is 2.33. The molecule has 1 aliphatic rings. The Balaban J connectivity index is 1.84. The zero-order valence-corrected chi connectivity index (χ0v) is 17.1. The average molecular weight is 418 g/mol. The second-order valence-electron chi connectivity index (χ2n) is 6.01. The number of carbonyl (C=O) groups excluding carboxylic acids is 2. The molecule has 1 fully saturated rings. The molecule has 1 atom stereocenters. The van der Waals surface area contributed by atoms with Crippen molar-refractivity contribution >= 4 is 51.7 Å². The summed E-state index contributed by atoms with van der Waals surface area (Å²) in [6, 6.07) is 14.2. The molecule has 1 heterocycles. The zero-order chi connectivity index (χ0) is 20.1. The Hall–Kier alpha value is -2.51. The number of anilines is 1. The fraction of sp³-hybridized carbons (Fsp3) is 0.250. The van der Waals surface area contributed by atoms with Gasteiger partial charge in [0.05, 0.1) is 7.11 Å². The fourth-order valence-corrected chi connectivity index (χ4v) is 4.11. The van der Waals surface area contributed by atoms with Crippen LogP contribution in [0.25, 0.3) is 0 Å². The summed E-state index contributed by atoms with van der Waals surface area (Å²) in [5.41, 5.74) is 1.20. The average Bonchev–Trinajstić information content (AvgIpc) is 2.68. The van der Waals surface area contributed by atoms with Crippen LogP contribution in [0.5, 0.6) is 5.75 Å². The minimum absolute atomic E-state index is 0.107. The van der Waals surface area contributed by atoms with Crippen molar-refractivity contribution in [1.82, 2.24) is 4.90 Å². The van der Waals surface area contributed by atoms with Crippen molar-refractivity contribution in [2.75, 3.05) is 19.0 Å². The molecule has 146 valence electrons. The van der Waals surface area contributed by atoms with Crippen molar-refractivity contribution in [2.45, 2.75) is 18.6 Å². The van der Waals surface area contributed by atoms with E-state index in [1.165, 1.54) is 11.8 Å². The van der Waals surface area contributed by atoms with Crippen LogP contribution in [0.3, 0.4) is 0 Å². The second-order valence-corrected chi connectivity index (χ2v) is 7.62. The molecule has 0 aromatic heterocycles. The van der Waals surface area contributed by atoms with Crippen molar-refractivity contribution in [3.05, 3.63) is 53.6 Å². The molecular weight excluding hydrogens is 398 g/mol. The second kappa shape index (κ2) is 9.12. The summed E-state index contributed by atoms with van der Waals surface area (Å²) in [6.45, 7) is 2.35. The van der Waals surface area contributed by atoms with E-state index in [9.17, 15) is 9.59 Å². The monoisotopic (exact) mass is 417 g/mol. The summed E-state index contributed by atoms with van der Waals surface area (Å²) < 4.78 is 5.34. The van der Waals surface area contributed by atoms with E-state index in [0.717, 1.165) is 0 Å². The first-order valence-electron chi connectivity index (χ1n) is 8.77. The third kappa shape index (κ3) is 4.66. The van der Waals surface area contributed by atoms with E-state index in [1.807, 2.05) is 19.1 Å². The number of nitrogens with one attached hydrogen (secondary N) is 1. The maximum Gasteiger partial charge on any atom is 0.238 e. The predicted molar refractivity (Wildman–Crippen MR) is 114 cm³/mol. The number of hydrogen-bond donors (Lipinski definition) is 1. The van der Waals surface area contributed by atoms with E-state index in [1.54, 1.807) is 48.4 Å². The smallest absolute Gasteiger partial charge is 0.238 e. The number of benzene rings is 2. The first-order valence-corrected chi connectivity index (χ1v) is 10.0. The lowest BCUT2D eigenvalue weighted by Gasteiger charge is -2.31. The van der Waals surface area contributed by atoms with E-state index in [4.69, 9.17) is 16.3 Å². The third-order valence-electron chi connectivity index (χ3n) is 4.14. The minimum Gasteiger partial charge on any atom is -0.494 e. The molecule has 6 nitrogen and oxygen atoms in total. The van der Waals surface area contributed by atoms with Gasteiger partial charge in [-0.05, 0) is 37.3 Å². The topological polar surface area (TPSA) is 71.0 Å². The zero-order valence-electron chi connectivity index (χ0n) is 15.5. The van der Waals surface area contributed by atoms with Crippen LogP contribution in [-0.4, -0.2) is 40.8 Å². The number of amides is 2.